The molecule has 3 rings (SSSR count). The van der Waals surface area contributed by atoms with Crippen LogP contribution in [0.25, 0.3) is 0 Å². The van der Waals surface area contributed by atoms with E-state index in [-0.39, 0.29) is 17.0 Å². The largest absolute Gasteiger partial charge is 0.373 e. The minimum Gasteiger partial charge on any atom is -0.373 e. The summed E-state index contributed by atoms with van der Waals surface area (Å²) in [5.74, 6) is -1.07. The van der Waals surface area contributed by atoms with Gasteiger partial charge in [-0.15, -0.1) is 0 Å². The highest BCUT2D eigenvalue weighted by atomic mass is 19.1. The summed E-state index contributed by atoms with van der Waals surface area (Å²) < 4.78 is 20.2. The molecule has 0 unspecified atom stereocenters. The first-order valence-electron chi connectivity index (χ1n) is 8.33. The molecule has 2 aliphatic rings. The number of hydroxylamine groups is 1. The predicted molar refractivity (Wildman–Crippen MR) is 86.5 cm³/mol. The minimum absolute atomic E-state index is 0.0235. The first kappa shape index (κ1) is 17.3. The Morgan fingerprint density at radius 3 is 2.96 bits per heavy atom. The van der Waals surface area contributed by atoms with E-state index >= 15 is 0 Å². The van der Waals surface area contributed by atoms with Crippen molar-refractivity contribution >= 4 is 5.91 Å². The third kappa shape index (κ3) is 3.75. The molecule has 1 saturated heterocycles. The summed E-state index contributed by atoms with van der Waals surface area (Å²) in [5, 5.41) is 11.9. The molecule has 0 radical (unpaired) electrons. The van der Waals surface area contributed by atoms with E-state index in [1.54, 1.807) is 11.5 Å². The molecule has 1 amide bonds. The fourth-order valence-corrected chi connectivity index (χ4v) is 3.25. The molecule has 0 saturated carbocycles. The van der Waals surface area contributed by atoms with Gasteiger partial charge in [0.15, 0.2) is 0 Å². The molecule has 0 aliphatic carbocycles. The summed E-state index contributed by atoms with van der Waals surface area (Å²) in [6, 6.07) is 2.84. The molecule has 24 heavy (non-hydrogen) atoms. The van der Waals surface area contributed by atoms with Crippen LogP contribution >= 0.6 is 0 Å². The van der Waals surface area contributed by atoms with Crippen molar-refractivity contribution < 1.29 is 19.1 Å². The second kappa shape index (κ2) is 7.14. The molecule has 1 aromatic rings. The molecule has 132 valence electrons. The van der Waals surface area contributed by atoms with Crippen LogP contribution in [0.1, 0.15) is 34.8 Å². The van der Waals surface area contributed by atoms with Crippen molar-refractivity contribution in [3.8, 4) is 0 Å². The number of halogens is 1. The van der Waals surface area contributed by atoms with Crippen LogP contribution in [0.3, 0.4) is 0 Å². The molecule has 2 heterocycles. The van der Waals surface area contributed by atoms with E-state index in [0.29, 0.717) is 25.1 Å². The number of fused-ring (bicyclic) bond motifs is 1. The van der Waals surface area contributed by atoms with E-state index in [2.05, 4.69) is 17.1 Å². The average Bonchev–Trinajstić information content (AvgIpc) is 2.56. The molecular formula is C17H24FN3O3. The SMILES string of the molecule is CC1(OCCCN2CCc3cc(C(=O)NO)cc(F)c3C2)CNC1. The number of ether oxygens (including phenoxy) is 1. The third-order valence-corrected chi connectivity index (χ3v) is 4.80. The zero-order chi connectivity index (χ0) is 17.2. The lowest BCUT2D eigenvalue weighted by molar-refractivity contribution is -0.0689. The fraction of sp³-hybridized carbons (Fsp3) is 0.588. The van der Waals surface area contributed by atoms with Crippen molar-refractivity contribution in [2.45, 2.75) is 31.9 Å². The van der Waals surface area contributed by atoms with Crippen LogP contribution < -0.4 is 10.8 Å². The van der Waals surface area contributed by atoms with Crippen LogP contribution in [0.2, 0.25) is 0 Å². The van der Waals surface area contributed by atoms with Gasteiger partial charge in [0.25, 0.3) is 5.91 Å². The zero-order valence-electron chi connectivity index (χ0n) is 13.9. The van der Waals surface area contributed by atoms with Gasteiger partial charge in [-0.3, -0.25) is 14.9 Å². The maximum Gasteiger partial charge on any atom is 0.274 e. The number of rotatable bonds is 6. The Morgan fingerprint density at radius 2 is 2.29 bits per heavy atom. The summed E-state index contributed by atoms with van der Waals surface area (Å²) in [6.07, 6.45) is 1.61. The maximum absolute atomic E-state index is 14.3. The monoisotopic (exact) mass is 337 g/mol. The van der Waals surface area contributed by atoms with Gasteiger partial charge in [0.05, 0.1) is 5.60 Å². The van der Waals surface area contributed by atoms with Gasteiger partial charge in [-0.2, -0.15) is 0 Å². The lowest BCUT2D eigenvalue weighted by Crippen LogP contribution is -2.59. The van der Waals surface area contributed by atoms with Crippen LogP contribution in [0, 0.1) is 5.82 Å². The molecule has 3 N–H and O–H groups in total. The highest BCUT2D eigenvalue weighted by Crippen LogP contribution is 2.24. The molecule has 1 fully saturated rings. The van der Waals surface area contributed by atoms with Crippen LogP contribution in [0.15, 0.2) is 12.1 Å². The van der Waals surface area contributed by atoms with Crippen molar-refractivity contribution in [1.29, 1.82) is 0 Å². The van der Waals surface area contributed by atoms with Gasteiger partial charge in [-0.25, -0.2) is 9.87 Å². The predicted octanol–water partition coefficient (Wildman–Crippen LogP) is 1.07. The van der Waals surface area contributed by atoms with Crippen molar-refractivity contribution in [3.05, 3.63) is 34.6 Å². The number of benzene rings is 1. The normalized spacial score (nSPS) is 19.5. The smallest absolute Gasteiger partial charge is 0.274 e. The molecule has 6 nitrogen and oxygen atoms in total. The average molecular weight is 337 g/mol. The number of nitrogens with one attached hydrogen (secondary N) is 2. The van der Waals surface area contributed by atoms with Crippen LogP contribution in [-0.4, -0.2) is 54.4 Å². The Balaban J connectivity index is 1.53. The topological polar surface area (TPSA) is 73.8 Å². The van der Waals surface area contributed by atoms with Gasteiger partial charge >= 0.3 is 0 Å². The summed E-state index contributed by atoms with van der Waals surface area (Å²) in [7, 11) is 0. The van der Waals surface area contributed by atoms with E-state index in [1.807, 2.05) is 0 Å². The second-order valence-corrected chi connectivity index (χ2v) is 6.82. The van der Waals surface area contributed by atoms with Gasteiger partial charge in [0.2, 0.25) is 0 Å². The van der Waals surface area contributed by atoms with Crippen molar-refractivity contribution in [1.82, 2.24) is 15.7 Å². The standard InChI is InChI=1S/C17H24FN3O3/c1-17(10-19-11-17)24-6-2-4-21-5-3-12-7-13(16(22)20-23)8-15(18)14(12)9-21/h7-8,19,23H,2-6,9-11H2,1H3,(H,20,22). The summed E-state index contributed by atoms with van der Waals surface area (Å²) in [4.78, 5) is 13.7. The van der Waals surface area contributed by atoms with Crippen molar-refractivity contribution in [2.75, 3.05) is 32.8 Å². The third-order valence-electron chi connectivity index (χ3n) is 4.80. The summed E-state index contributed by atoms with van der Waals surface area (Å²) in [6.45, 7) is 6.85. The molecule has 1 aromatic carbocycles. The van der Waals surface area contributed by atoms with Gasteiger partial charge in [0.1, 0.15) is 5.82 Å². The number of carbonyl (C=O) groups excluding carboxylic acids is 1. The van der Waals surface area contributed by atoms with Crippen LogP contribution in [0.4, 0.5) is 4.39 Å². The second-order valence-electron chi connectivity index (χ2n) is 6.82. The lowest BCUT2D eigenvalue weighted by Gasteiger charge is -2.39. The Morgan fingerprint density at radius 1 is 1.50 bits per heavy atom. The van der Waals surface area contributed by atoms with E-state index in [9.17, 15) is 9.18 Å². The number of nitrogens with zero attached hydrogens (tertiary/aromatic N) is 1. The molecule has 7 heteroatoms. The first-order valence-corrected chi connectivity index (χ1v) is 8.33. The maximum atomic E-state index is 14.3. The van der Waals surface area contributed by atoms with E-state index in [0.717, 1.165) is 38.2 Å². The van der Waals surface area contributed by atoms with E-state index in [1.165, 1.54) is 6.07 Å². The highest BCUT2D eigenvalue weighted by molar-refractivity contribution is 5.93. The molecule has 0 bridgehead atoms. The molecule has 0 atom stereocenters. The highest BCUT2D eigenvalue weighted by Gasteiger charge is 2.32. The van der Waals surface area contributed by atoms with E-state index in [4.69, 9.17) is 9.94 Å². The summed E-state index contributed by atoms with van der Waals surface area (Å²) in [5.41, 5.74) is 3.16. The fourth-order valence-electron chi connectivity index (χ4n) is 3.25. The molecular weight excluding hydrogens is 313 g/mol. The number of hydrogen-bond donors (Lipinski definition) is 3. The number of hydrogen-bond acceptors (Lipinski definition) is 5. The van der Waals surface area contributed by atoms with Gasteiger partial charge < -0.3 is 10.1 Å². The molecule has 2 aliphatic heterocycles. The molecule has 0 spiro atoms. The zero-order valence-corrected chi connectivity index (χ0v) is 13.9. The Kier molecular flexibility index (Phi) is 5.15. The lowest BCUT2D eigenvalue weighted by atomic mass is 9.96. The van der Waals surface area contributed by atoms with Crippen LogP contribution in [0.5, 0.6) is 0 Å². The van der Waals surface area contributed by atoms with Crippen molar-refractivity contribution in [2.24, 2.45) is 0 Å². The quantitative estimate of drug-likeness (QED) is 0.411. The number of amides is 1. The van der Waals surface area contributed by atoms with Crippen LogP contribution in [-0.2, 0) is 17.7 Å². The Bertz CT molecular complexity index is 619. The number of carbonyl (C=O) groups is 1. The molecule has 0 aromatic heterocycles. The Hall–Kier alpha value is -1.54. The van der Waals surface area contributed by atoms with Crippen molar-refractivity contribution in [3.63, 3.8) is 0 Å². The summed E-state index contributed by atoms with van der Waals surface area (Å²) >= 11 is 0. The van der Waals surface area contributed by atoms with Gasteiger partial charge in [-0.1, -0.05) is 0 Å². The van der Waals surface area contributed by atoms with Gasteiger partial charge in [-0.05, 0) is 37.5 Å². The van der Waals surface area contributed by atoms with Gasteiger partial charge in [0, 0.05) is 50.5 Å². The first-order chi connectivity index (χ1) is 11.5. The Labute approximate surface area is 140 Å². The minimum atomic E-state index is -0.685. The van der Waals surface area contributed by atoms with E-state index < -0.39 is 5.91 Å².